The summed E-state index contributed by atoms with van der Waals surface area (Å²) in [6.45, 7) is 3.25. The van der Waals surface area contributed by atoms with Crippen LogP contribution in [0.3, 0.4) is 0 Å². The molecule has 1 saturated heterocycles. The number of esters is 1. The summed E-state index contributed by atoms with van der Waals surface area (Å²) in [7, 11) is 1.70. The molecule has 1 aromatic rings. The Hall–Kier alpha value is -2.52. The number of aliphatic hydroxyl groups excluding tert-OH is 1. The van der Waals surface area contributed by atoms with Crippen LogP contribution in [-0.2, 0) is 16.0 Å². The predicted molar refractivity (Wildman–Crippen MR) is 152 cm³/mol. The largest absolute Gasteiger partial charge is 0.504 e. The van der Waals surface area contributed by atoms with E-state index in [4.69, 9.17) is 15.2 Å². The number of phenols is 1. The van der Waals surface area contributed by atoms with Crippen molar-refractivity contribution in [3.05, 3.63) is 23.8 Å². The van der Waals surface area contributed by atoms with Gasteiger partial charge < -0.3 is 36.1 Å². The Bertz CT molecular complexity index is 967. The lowest BCUT2D eigenvalue weighted by molar-refractivity contribution is -0.148. The summed E-state index contributed by atoms with van der Waals surface area (Å²) >= 11 is 0. The Balaban J connectivity index is 1.34. The Morgan fingerprint density at radius 2 is 2.00 bits per heavy atom. The highest BCUT2D eigenvalue weighted by Crippen LogP contribution is 2.44. The van der Waals surface area contributed by atoms with Gasteiger partial charge in [0, 0.05) is 26.4 Å². The zero-order valence-corrected chi connectivity index (χ0v) is 23.6. The van der Waals surface area contributed by atoms with Crippen LogP contribution in [0.5, 0.6) is 11.5 Å². The van der Waals surface area contributed by atoms with Gasteiger partial charge in [-0.3, -0.25) is 9.79 Å². The number of aliphatic hydroxyl groups is 1. The van der Waals surface area contributed by atoms with Gasteiger partial charge in [0.15, 0.2) is 17.5 Å². The van der Waals surface area contributed by atoms with E-state index >= 15 is 0 Å². The van der Waals surface area contributed by atoms with Crippen molar-refractivity contribution in [2.24, 2.45) is 28.5 Å². The SMILES string of the molecule is CN=C(N)N[C@H]1CCC[C@H]2CC[C@@H]([C@H](O)C[C@@H](CCc3ccc(O)c(OC4CCNCC4)c3)OC(C)=O)C[C@@H]21. The minimum absolute atomic E-state index is 0.0936. The second kappa shape index (κ2) is 14.2. The number of ether oxygens (including phenoxy) is 2. The number of hydrogen-bond acceptors (Lipinski definition) is 7. The first-order valence-electron chi connectivity index (χ1n) is 14.9. The number of fused-ring (bicyclic) bond motifs is 1. The molecule has 6 atom stereocenters. The first kappa shape index (κ1) is 29.5. The first-order valence-corrected chi connectivity index (χ1v) is 14.9. The summed E-state index contributed by atoms with van der Waals surface area (Å²) in [5.41, 5.74) is 7.00. The molecule has 0 spiro atoms. The molecule has 0 radical (unpaired) electrons. The van der Waals surface area contributed by atoms with Gasteiger partial charge >= 0.3 is 5.97 Å². The van der Waals surface area contributed by atoms with Gasteiger partial charge in [-0.1, -0.05) is 18.9 Å². The maximum absolute atomic E-state index is 11.9. The number of phenolic OH excluding ortho intramolecular Hbond substituents is 1. The van der Waals surface area contributed by atoms with Gasteiger partial charge in [-0.15, -0.1) is 0 Å². The van der Waals surface area contributed by atoms with E-state index < -0.39 is 6.10 Å². The molecule has 0 bridgehead atoms. The van der Waals surface area contributed by atoms with Crippen LogP contribution >= 0.6 is 0 Å². The molecule has 6 N–H and O–H groups in total. The van der Waals surface area contributed by atoms with E-state index in [1.54, 1.807) is 13.1 Å². The molecule has 3 fully saturated rings. The highest BCUT2D eigenvalue weighted by molar-refractivity contribution is 5.78. The molecule has 218 valence electrons. The fourth-order valence-corrected chi connectivity index (χ4v) is 6.90. The number of carbonyl (C=O) groups is 1. The van der Waals surface area contributed by atoms with Crippen LogP contribution in [0.15, 0.2) is 23.2 Å². The molecule has 9 heteroatoms. The van der Waals surface area contributed by atoms with Crippen molar-refractivity contribution in [3.63, 3.8) is 0 Å². The Morgan fingerprint density at radius 1 is 1.21 bits per heavy atom. The number of hydrogen-bond donors (Lipinski definition) is 5. The molecule has 9 nitrogen and oxygen atoms in total. The average Bonchev–Trinajstić information content (AvgIpc) is 2.93. The van der Waals surface area contributed by atoms with Gasteiger partial charge in [0.05, 0.1) is 6.10 Å². The number of aromatic hydroxyl groups is 1. The zero-order valence-electron chi connectivity index (χ0n) is 23.6. The van der Waals surface area contributed by atoms with Crippen LogP contribution in [0.25, 0.3) is 0 Å². The first-order chi connectivity index (χ1) is 18.8. The molecule has 2 aliphatic carbocycles. The number of benzene rings is 1. The average molecular weight is 545 g/mol. The number of aliphatic imine (C=N–C) groups is 1. The maximum atomic E-state index is 11.9. The fourth-order valence-electron chi connectivity index (χ4n) is 6.90. The second-order valence-electron chi connectivity index (χ2n) is 11.7. The highest BCUT2D eigenvalue weighted by Gasteiger charge is 2.40. The zero-order chi connectivity index (χ0) is 27.8. The van der Waals surface area contributed by atoms with Crippen molar-refractivity contribution >= 4 is 11.9 Å². The van der Waals surface area contributed by atoms with E-state index in [1.807, 2.05) is 12.1 Å². The number of rotatable bonds is 10. The molecular weight excluding hydrogens is 496 g/mol. The van der Waals surface area contributed by atoms with Gasteiger partial charge in [0.2, 0.25) is 0 Å². The number of nitrogens with zero attached hydrogens (tertiary/aromatic N) is 1. The Morgan fingerprint density at radius 3 is 2.74 bits per heavy atom. The minimum Gasteiger partial charge on any atom is -0.504 e. The number of aryl methyl sites for hydroxylation is 1. The van der Waals surface area contributed by atoms with Crippen LogP contribution in [0, 0.1) is 17.8 Å². The number of piperidine rings is 1. The minimum atomic E-state index is -0.534. The number of carbonyl (C=O) groups excluding carboxylic acids is 1. The van der Waals surface area contributed by atoms with Crippen molar-refractivity contribution < 1.29 is 24.5 Å². The lowest BCUT2D eigenvalue weighted by atomic mass is 9.64. The van der Waals surface area contributed by atoms with Crippen LogP contribution in [0.4, 0.5) is 0 Å². The van der Waals surface area contributed by atoms with E-state index in [0.717, 1.165) is 57.2 Å². The molecular formula is C30H48N4O5. The Labute approximate surface area is 232 Å². The third kappa shape index (κ3) is 8.48. The van der Waals surface area contributed by atoms with Crippen LogP contribution < -0.4 is 21.1 Å². The lowest BCUT2D eigenvalue weighted by Crippen LogP contribution is -2.50. The number of nitrogens with two attached hydrogens (primary N) is 1. The summed E-state index contributed by atoms with van der Waals surface area (Å²) in [5.74, 6) is 2.09. The van der Waals surface area contributed by atoms with Gasteiger partial charge in [0.1, 0.15) is 12.2 Å². The quantitative estimate of drug-likeness (QED) is 0.172. The predicted octanol–water partition coefficient (Wildman–Crippen LogP) is 3.26. The van der Waals surface area contributed by atoms with Crippen LogP contribution in [0.2, 0.25) is 0 Å². The lowest BCUT2D eigenvalue weighted by Gasteiger charge is -2.45. The molecule has 4 rings (SSSR count). The van der Waals surface area contributed by atoms with E-state index in [0.29, 0.717) is 48.8 Å². The van der Waals surface area contributed by atoms with Crippen molar-refractivity contribution in [1.29, 1.82) is 0 Å². The normalized spacial score (nSPS) is 27.7. The van der Waals surface area contributed by atoms with Crippen LogP contribution in [-0.4, -0.2) is 66.6 Å². The molecule has 1 aromatic carbocycles. The molecule has 0 aromatic heterocycles. The topological polar surface area (TPSA) is 138 Å². The van der Waals surface area contributed by atoms with Gasteiger partial charge in [0.25, 0.3) is 0 Å². The summed E-state index contributed by atoms with van der Waals surface area (Å²) in [4.78, 5) is 16.0. The molecule has 1 heterocycles. The molecule has 3 aliphatic rings. The third-order valence-corrected chi connectivity index (χ3v) is 9.01. The van der Waals surface area contributed by atoms with Gasteiger partial charge in [-0.05, 0) is 99.9 Å². The molecule has 39 heavy (non-hydrogen) atoms. The molecule has 1 aliphatic heterocycles. The molecule has 2 saturated carbocycles. The number of nitrogens with one attached hydrogen (secondary N) is 2. The second-order valence-corrected chi connectivity index (χ2v) is 11.7. The monoisotopic (exact) mass is 544 g/mol. The van der Waals surface area contributed by atoms with E-state index in [1.165, 1.54) is 19.8 Å². The standard InChI is InChI=1S/C30H48N4O5/c1-19(35)38-24(10-6-20-7-11-27(36)29(16-20)39-23-12-14-33-15-13-23)18-28(37)22-9-8-21-4-3-5-26(25(21)17-22)34-30(31)32-2/h7,11,16,21-26,28,33,36-37H,3-6,8-10,12-15,17-18H2,1-2H3,(H3,31,32,34)/t21-,22+,24+,25-,26-,28+/m0/s1. The highest BCUT2D eigenvalue weighted by atomic mass is 16.5. The van der Waals surface area contributed by atoms with E-state index in [2.05, 4.69) is 15.6 Å². The summed E-state index contributed by atoms with van der Waals surface area (Å²) < 4.78 is 11.8. The summed E-state index contributed by atoms with van der Waals surface area (Å²) in [6, 6.07) is 5.74. The summed E-state index contributed by atoms with van der Waals surface area (Å²) in [6.07, 6.45) is 9.25. The van der Waals surface area contributed by atoms with E-state index in [9.17, 15) is 15.0 Å². The maximum Gasteiger partial charge on any atom is 0.302 e. The van der Waals surface area contributed by atoms with Crippen molar-refractivity contribution in [2.75, 3.05) is 20.1 Å². The molecule has 0 unspecified atom stereocenters. The van der Waals surface area contributed by atoms with E-state index in [-0.39, 0.29) is 29.8 Å². The molecule has 0 amide bonds. The third-order valence-electron chi connectivity index (χ3n) is 9.01. The van der Waals surface area contributed by atoms with Gasteiger partial charge in [-0.25, -0.2) is 0 Å². The number of guanidine groups is 1. The van der Waals surface area contributed by atoms with Crippen molar-refractivity contribution in [1.82, 2.24) is 10.6 Å². The van der Waals surface area contributed by atoms with Crippen molar-refractivity contribution in [2.45, 2.75) is 102 Å². The van der Waals surface area contributed by atoms with Gasteiger partial charge in [-0.2, -0.15) is 0 Å². The smallest absolute Gasteiger partial charge is 0.302 e. The fraction of sp³-hybridized carbons (Fsp3) is 0.733. The summed E-state index contributed by atoms with van der Waals surface area (Å²) in [5, 5.41) is 28.4. The van der Waals surface area contributed by atoms with Crippen molar-refractivity contribution in [3.8, 4) is 11.5 Å². The van der Waals surface area contributed by atoms with Crippen LogP contribution in [0.1, 0.15) is 76.7 Å². The Kier molecular flexibility index (Phi) is 10.7.